The summed E-state index contributed by atoms with van der Waals surface area (Å²) in [6.45, 7) is 0.407. The molecule has 206 valence electrons. The number of nitrogens with one attached hydrogen (secondary N) is 3. The summed E-state index contributed by atoms with van der Waals surface area (Å²) in [5.74, 6) is -3.35. The second-order valence-electron chi connectivity index (χ2n) is 8.03. The molecule has 16 nitrogen and oxygen atoms in total. The van der Waals surface area contributed by atoms with Crippen LogP contribution in [0.2, 0.25) is 0 Å². The molecule has 0 aliphatic carbocycles. The van der Waals surface area contributed by atoms with Crippen LogP contribution in [0.4, 0.5) is 0 Å². The monoisotopic (exact) mass is 515 g/mol. The first kappa shape index (κ1) is 32.3. The summed E-state index contributed by atoms with van der Waals surface area (Å²) in [6.07, 6.45) is 2.70. The Balaban J connectivity index is 4.93. The maximum absolute atomic E-state index is 12.7. The summed E-state index contributed by atoms with van der Waals surface area (Å²) < 4.78 is 0. The maximum atomic E-state index is 12.7. The Morgan fingerprint density at radius 1 is 0.750 bits per heavy atom. The van der Waals surface area contributed by atoms with E-state index in [1.165, 1.54) is 0 Å². The zero-order chi connectivity index (χ0) is 27.5. The van der Waals surface area contributed by atoms with Crippen LogP contribution in [0.3, 0.4) is 0 Å². The van der Waals surface area contributed by atoms with Crippen LogP contribution in [0.25, 0.3) is 0 Å². The van der Waals surface area contributed by atoms with Crippen molar-refractivity contribution in [3.8, 4) is 0 Å². The molecule has 0 aromatic carbocycles. The minimum Gasteiger partial charge on any atom is -0.480 e. The fourth-order valence-corrected chi connectivity index (χ4v) is 2.99. The molecule has 0 bridgehead atoms. The number of carbonyl (C=O) groups excluding carboxylic acids is 3. The Morgan fingerprint density at radius 3 is 1.81 bits per heavy atom. The van der Waals surface area contributed by atoms with E-state index in [0.717, 1.165) is 0 Å². The van der Waals surface area contributed by atoms with Crippen molar-refractivity contribution in [3.63, 3.8) is 0 Å². The van der Waals surface area contributed by atoms with Crippen molar-refractivity contribution >= 4 is 35.6 Å². The Bertz CT molecular complexity index is 767. The van der Waals surface area contributed by atoms with Crippen molar-refractivity contribution in [3.05, 3.63) is 0 Å². The molecule has 3 atom stereocenters. The van der Waals surface area contributed by atoms with E-state index in [9.17, 15) is 24.3 Å². The van der Waals surface area contributed by atoms with Crippen molar-refractivity contribution in [2.75, 3.05) is 26.2 Å². The molecule has 0 aromatic heterocycles. The van der Waals surface area contributed by atoms with Gasteiger partial charge < -0.3 is 55.5 Å². The number of rotatable bonds is 19. The number of carboxylic acids is 1. The van der Waals surface area contributed by atoms with E-state index >= 15 is 0 Å². The second-order valence-corrected chi connectivity index (χ2v) is 8.03. The molecule has 0 rings (SSSR count). The third-order valence-corrected chi connectivity index (χ3v) is 4.89. The molecule has 0 aliphatic heterocycles. The van der Waals surface area contributed by atoms with Crippen LogP contribution in [0.5, 0.6) is 0 Å². The van der Waals surface area contributed by atoms with Crippen molar-refractivity contribution < 1.29 is 24.3 Å². The van der Waals surface area contributed by atoms with Crippen molar-refractivity contribution in [2.45, 2.75) is 63.1 Å². The van der Waals surface area contributed by atoms with Crippen LogP contribution < -0.4 is 50.4 Å². The van der Waals surface area contributed by atoms with Gasteiger partial charge in [-0.25, -0.2) is 4.79 Å². The lowest BCUT2D eigenvalue weighted by Gasteiger charge is -2.21. The average Bonchev–Trinajstić information content (AvgIpc) is 2.80. The highest BCUT2D eigenvalue weighted by atomic mass is 16.4. The fraction of sp³-hybridized carbons (Fsp3) is 0.700. The molecule has 3 amide bonds. The second kappa shape index (κ2) is 18.6. The largest absolute Gasteiger partial charge is 0.480 e. The Kier molecular flexibility index (Phi) is 16.7. The number of nitrogens with two attached hydrogens (primary N) is 6. The highest BCUT2D eigenvalue weighted by Crippen LogP contribution is 2.03. The van der Waals surface area contributed by atoms with Crippen LogP contribution in [-0.4, -0.2) is 85.0 Å². The number of carbonyl (C=O) groups is 4. The van der Waals surface area contributed by atoms with E-state index in [1.807, 2.05) is 0 Å². The van der Waals surface area contributed by atoms with Gasteiger partial charge in [0.05, 0.1) is 12.6 Å². The summed E-state index contributed by atoms with van der Waals surface area (Å²) in [6, 6.07) is -3.02. The minimum absolute atomic E-state index is 0.0807. The van der Waals surface area contributed by atoms with Gasteiger partial charge in [-0.3, -0.25) is 24.4 Å². The third-order valence-electron chi connectivity index (χ3n) is 4.89. The molecule has 0 heterocycles. The molecule has 36 heavy (non-hydrogen) atoms. The first-order chi connectivity index (χ1) is 17.0. The van der Waals surface area contributed by atoms with Crippen molar-refractivity contribution in [1.29, 1.82) is 0 Å². The zero-order valence-corrected chi connectivity index (χ0v) is 20.4. The number of amides is 3. The number of hydrogen-bond acceptors (Lipinski definition) is 8. The molecule has 16 N–H and O–H groups in total. The summed E-state index contributed by atoms with van der Waals surface area (Å²) in [5, 5.41) is 16.6. The van der Waals surface area contributed by atoms with E-state index in [4.69, 9.17) is 34.4 Å². The molecule has 3 unspecified atom stereocenters. The van der Waals surface area contributed by atoms with E-state index in [-0.39, 0.29) is 37.9 Å². The van der Waals surface area contributed by atoms with Crippen LogP contribution >= 0.6 is 0 Å². The summed E-state index contributed by atoms with van der Waals surface area (Å²) in [5.41, 5.74) is 32.3. The van der Waals surface area contributed by atoms with Gasteiger partial charge in [-0.05, 0) is 45.1 Å². The molecule has 0 spiro atoms. The molecule has 0 aliphatic rings. The lowest BCUT2D eigenvalue weighted by Crippen LogP contribution is -2.53. The van der Waals surface area contributed by atoms with Gasteiger partial charge in [0.15, 0.2) is 11.9 Å². The van der Waals surface area contributed by atoms with Crippen LogP contribution in [0.15, 0.2) is 9.98 Å². The molecule has 0 aromatic rings. The highest BCUT2D eigenvalue weighted by molar-refractivity contribution is 5.92. The Morgan fingerprint density at radius 2 is 1.31 bits per heavy atom. The molecular weight excluding hydrogens is 474 g/mol. The predicted octanol–water partition coefficient (Wildman–Crippen LogP) is -4.28. The molecule has 0 fully saturated rings. The van der Waals surface area contributed by atoms with E-state index in [1.54, 1.807) is 0 Å². The molecule has 16 heteroatoms. The molecular formula is C20H41N11O5. The summed E-state index contributed by atoms with van der Waals surface area (Å²) >= 11 is 0. The number of hydrogen-bond donors (Lipinski definition) is 10. The molecule has 0 saturated heterocycles. The molecule has 0 radical (unpaired) electrons. The van der Waals surface area contributed by atoms with Crippen molar-refractivity contribution in [1.82, 2.24) is 16.0 Å². The predicted molar refractivity (Wildman–Crippen MR) is 135 cm³/mol. The number of aliphatic carboxylic acids is 1. The first-order valence-corrected chi connectivity index (χ1v) is 11.6. The lowest BCUT2D eigenvalue weighted by molar-refractivity contribution is -0.142. The topological polar surface area (TPSA) is 305 Å². The van der Waals surface area contributed by atoms with Gasteiger partial charge in [0, 0.05) is 13.1 Å². The van der Waals surface area contributed by atoms with E-state index in [2.05, 4.69) is 25.9 Å². The van der Waals surface area contributed by atoms with Gasteiger partial charge >= 0.3 is 5.97 Å². The average molecular weight is 516 g/mol. The van der Waals surface area contributed by atoms with Gasteiger partial charge in [-0.2, -0.15) is 0 Å². The normalized spacial score (nSPS) is 12.9. The smallest absolute Gasteiger partial charge is 0.326 e. The van der Waals surface area contributed by atoms with E-state index < -0.39 is 48.4 Å². The number of nitrogens with zero attached hydrogens (tertiary/aromatic N) is 2. The fourth-order valence-electron chi connectivity index (χ4n) is 2.99. The van der Waals surface area contributed by atoms with Crippen LogP contribution in [-0.2, 0) is 19.2 Å². The first-order valence-electron chi connectivity index (χ1n) is 11.6. The van der Waals surface area contributed by atoms with Gasteiger partial charge in [-0.1, -0.05) is 6.42 Å². The Labute approximate surface area is 210 Å². The minimum atomic E-state index is -1.24. The summed E-state index contributed by atoms with van der Waals surface area (Å²) in [4.78, 5) is 56.3. The quantitative estimate of drug-likeness (QED) is 0.0445. The standard InChI is InChI=1S/C20H41N11O5/c21-8-2-1-5-12(22)16(33)31-13(6-3-9-27-19(23)24)17(34)29-11-15(32)30-14(18(35)36)7-4-10-28-20(25)26/h12-14H,1-11,21-22H2,(H,29,34)(H,30,32)(H,31,33)(H,35,36)(H4,23,24,27)(H4,25,26,28). The van der Waals surface area contributed by atoms with Crippen LogP contribution in [0.1, 0.15) is 44.9 Å². The van der Waals surface area contributed by atoms with Gasteiger partial charge in [0.2, 0.25) is 17.7 Å². The SMILES string of the molecule is NCCCCC(N)C(=O)NC(CCCN=C(N)N)C(=O)NCC(=O)NC(CCCN=C(N)N)C(=O)O. The van der Waals surface area contributed by atoms with Gasteiger partial charge in [0.25, 0.3) is 0 Å². The number of guanidine groups is 2. The number of aliphatic imine (C=N–C) groups is 2. The number of carboxylic acid groups (broad SMARTS) is 1. The third kappa shape index (κ3) is 16.0. The lowest BCUT2D eigenvalue weighted by atomic mass is 10.1. The number of unbranched alkanes of at least 4 members (excludes halogenated alkanes) is 1. The van der Waals surface area contributed by atoms with Gasteiger partial charge in [-0.15, -0.1) is 0 Å². The zero-order valence-electron chi connectivity index (χ0n) is 20.4. The van der Waals surface area contributed by atoms with Crippen molar-refractivity contribution in [2.24, 2.45) is 44.4 Å². The Hall–Kier alpha value is -3.66. The summed E-state index contributed by atoms with van der Waals surface area (Å²) in [7, 11) is 0. The highest BCUT2D eigenvalue weighted by Gasteiger charge is 2.25. The van der Waals surface area contributed by atoms with Gasteiger partial charge in [0.1, 0.15) is 12.1 Å². The molecule has 0 saturated carbocycles. The van der Waals surface area contributed by atoms with E-state index in [0.29, 0.717) is 38.6 Å². The maximum Gasteiger partial charge on any atom is 0.326 e. The van der Waals surface area contributed by atoms with Crippen LogP contribution in [0, 0.1) is 0 Å².